The maximum absolute atomic E-state index is 13.1. The molecule has 1 aromatic carbocycles. The van der Waals surface area contributed by atoms with Crippen LogP contribution in [0.25, 0.3) is 5.82 Å². The fourth-order valence-corrected chi connectivity index (χ4v) is 2.28. The monoisotopic (exact) mass is 348 g/mol. The Labute approximate surface area is 140 Å². The van der Waals surface area contributed by atoms with E-state index in [4.69, 9.17) is 11.6 Å². The molecule has 1 N–H and O–H groups in total. The summed E-state index contributed by atoms with van der Waals surface area (Å²) in [5.41, 5.74) is 0.360. The van der Waals surface area contributed by atoms with Crippen molar-refractivity contribution in [1.82, 2.24) is 14.8 Å². The van der Waals surface area contributed by atoms with Crippen LogP contribution >= 0.6 is 11.6 Å². The van der Waals surface area contributed by atoms with E-state index in [0.717, 1.165) is 12.1 Å². The molecular formula is C16H11ClF2N4O. The van der Waals surface area contributed by atoms with Crippen molar-refractivity contribution in [1.29, 1.82) is 0 Å². The Kier molecular flexibility index (Phi) is 4.52. The van der Waals surface area contributed by atoms with Crippen LogP contribution in [0.5, 0.6) is 0 Å². The number of halogens is 3. The predicted octanol–water partition coefficient (Wildman–Crippen LogP) is 3.38. The Morgan fingerprint density at radius 1 is 1.21 bits per heavy atom. The number of rotatable bonds is 4. The summed E-state index contributed by atoms with van der Waals surface area (Å²) in [7, 11) is 0. The van der Waals surface area contributed by atoms with Crippen LogP contribution in [-0.2, 0) is 11.2 Å². The fraction of sp³-hybridized carbons (Fsp3) is 0.0625. The van der Waals surface area contributed by atoms with Gasteiger partial charge in [0.2, 0.25) is 5.91 Å². The van der Waals surface area contributed by atoms with Gasteiger partial charge in [0.25, 0.3) is 0 Å². The smallest absolute Gasteiger partial charge is 0.229 e. The average Bonchev–Trinajstić information content (AvgIpc) is 2.99. The highest BCUT2D eigenvalue weighted by molar-refractivity contribution is 6.32. The second-order valence-electron chi connectivity index (χ2n) is 4.93. The summed E-state index contributed by atoms with van der Waals surface area (Å²) in [5.74, 6) is -1.62. The molecule has 5 nitrogen and oxygen atoms in total. The molecule has 122 valence electrons. The van der Waals surface area contributed by atoms with Crippen LogP contribution < -0.4 is 5.32 Å². The van der Waals surface area contributed by atoms with Crippen LogP contribution in [0, 0.1) is 11.6 Å². The van der Waals surface area contributed by atoms with Gasteiger partial charge in [-0.3, -0.25) is 4.79 Å². The maximum Gasteiger partial charge on any atom is 0.229 e. The van der Waals surface area contributed by atoms with Crippen LogP contribution in [0.2, 0.25) is 5.02 Å². The number of nitrogens with zero attached hydrogens (tertiary/aromatic N) is 3. The molecule has 0 fully saturated rings. The van der Waals surface area contributed by atoms with E-state index in [1.165, 1.54) is 10.7 Å². The predicted molar refractivity (Wildman–Crippen MR) is 85.1 cm³/mol. The molecule has 0 radical (unpaired) electrons. The molecule has 3 rings (SSSR count). The minimum absolute atomic E-state index is 0.103. The van der Waals surface area contributed by atoms with Crippen molar-refractivity contribution in [3.8, 4) is 5.82 Å². The first-order chi connectivity index (χ1) is 11.5. The number of benzene rings is 1. The van der Waals surface area contributed by atoms with Crippen molar-refractivity contribution in [3.05, 3.63) is 71.0 Å². The Hall–Kier alpha value is -2.80. The number of anilines is 1. The normalized spacial score (nSPS) is 10.6. The summed E-state index contributed by atoms with van der Waals surface area (Å²) in [5, 5.41) is 7.15. The van der Waals surface area contributed by atoms with Crippen LogP contribution in [0.3, 0.4) is 0 Å². The zero-order chi connectivity index (χ0) is 17.1. The van der Waals surface area contributed by atoms with E-state index < -0.39 is 17.5 Å². The molecule has 2 aromatic heterocycles. The van der Waals surface area contributed by atoms with E-state index in [9.17, 15) is 13.6 Å². The van der Waals surface area contributed by atoms with Crippen LogP contribution in [0.15, 0.2) is 48.8 Å². The number of hydrogen-bond acceptors (Lipinski definition) is 3. The molecule has 0 spiro atoms. The molecule has 0 saturated carbocycles. The van der Waals surface area contributed by atoms with Crippen molar-refractivity contribution >= 4 is 23.3 Å². The summed E-state index contributed by atoms with van der Waals surface area (Å²) < 4.78 is 27.4. The van der Waals surface area contributed by atoms with Gasteiger partial charge < -0.3 is 5.32 Å². The largest absolute Gasteiger partial charge is 0.309 e. The molecule has 0 aliphatic heterocycles. The van der Waals surface area contributed by atoms with Gasteiger partial charge in [-0.1, -0.05) is 17.7 Å². The third kappa shape index (κ3) is 3.57. The van der Waals surface area contributed by atoms with Gasteiger partial charge in [0.05, 0.1) is 11.4 Å². The molecule has 1 amide bonds. The van der Waals surface area contributed by atoms with Crippen molar-refractivity contribution in [2.45, 2.75) is 6.42 Å². The number of hydrogen-bond donors (Lipinski definition) is 1. The van der Waals surface area contributed by atoms with Gasteiger partial charge in [-0.05, 0) is 29.8 Å². The quantitative estimate of drug-likeness (QED) is 0.786. The number of pyridine rings is 1. The molecule has 0 bridgehead atoms. The summed E-state index contributed by atoms with van der Waals surface area (Å²) in [6.07, 6.45) is 3.07. The van der Waals surface area contributed by atoms with Gasteiger partial charge in [-0.2, -0.15) is 0 Å². The Balaban J connectivity index is 1.69. The van der Waals surface area contributed by atoms with E-state index in [1.807, 2.05) is 0 Å². The third-order valence-corrected chi connectivity index (χ3v) is 3.46. The molecule has 24 heavy (non-hydrogen) atoms. The highest BCUT2D eigenvalue weighted by atomic mass is 35.5. The Morgan fingerprint density at radius 3 is 2.79 bits per heavy atom. The second kappa shape index (κ2) is 6.76. The third-order valence-electron chi connectivity index (χ3n) is 3.16. The number of aromatic nitrogens is 3. The molecule has 8 heteroatoms. The van der Waals surface area contributed by atoms with Gasteiger partial charge in [0.15, 0.2) is 23.3 Å². The zero-order valence-corrected chi connectivity index (χ0v) is 13.0. The van der Waals surface area contributed by atoms with Gasteiger partial charge in [-0.15, -0.1) is 5.10 Å². The number of amides is 1. The lowest BCUT2D eigenvalue weighted by atomic mass is 10.1. The summed E-state index contributed by atoms with van der Waals surface area (Å²) in [6, 6.07) is 8.27. The molecular weight excluding hydrogens is 338 g/mol. The van der Waals surface area contributed by atoms with Gasteiger partial charge in [0.1, 0.15) is 0 Å². The minimum Gasteiger partial charge on any atom is -0.309 e. The van der Waals surface area contributed by atoms with Crippen LogP contribution in [0.1, 0.15) is 5.56 Å². The van der Waals surface area contributed by atoms with Crippen molar-refractivity contribution < 1.29 is 13.6 Å². The number of carbonyl (C=O) groups is 1. The second-order valence-corrected chi connectivity index (χ2v) is 5.33. The SMILES string of the molecule is O=C(Cc1ccc(F)c(F)c1)Nc1ccn(-c2ncccc2Cl)n1. The fourth-order valence-electron chi connectivity index (χ4n) is 2.08. The molecule has 0 aliphatic carbocycles. The standard InChI is InChI=1S/C16H11ClF2N4O/c17-11-2-1-6-20-16(11)23-7-5-14(22-23)21-15(24)9-10-3-4-12(18)13(19)8-10/h1-8H,9H2,(H,21,22,24). The van der Waals surface area contributed by atoms with Crippen molar-refractivity contribution in [2.75, 3.05) is 5.32 Å². The molecule has 3 aromatic rings. The van der Waals surface area contributed by atoms with E-state index in [0.29, 0.717) is 22.2 Å². The average molecular weight is 349 g/mol. The van der Waals surface area contributed by atoms with Gasteiger partial charge >= 0.3 is 0 Å². The summed E-state index contributed by atoms with van der Waals surface area (Å²) in [4.78, 5) is 16.1. The van der Waals surface area contributed by atoms with Crippen LogP contribution in [0.4, 0.5) is 14.6 Å². The highest BCUT2D eigenvalue weighted by Gasteiger charge is 2.10. The molecule has 0 unspecified atom stereocenters. The molecule has 0 atom stereocenters. The number of nitrogens with one attached hydrogen (secondary N) is 1. The first-order valence-corrected chi connectivity index (χ1v) is 7.31. The lowest BCUT2D eigenvalue weighted by molar-refractivity contribution is -0.115. The first-order valence-electron chi connectivity index (χ1n) is 6.93. The molecule has 0 saturated heterocycles. The number of carbonyl (C=O) groups excluding carboxylic acids is 1. The van der Waals surface area contributed by atoms with Crippen LogP contribution in [-0.4, -0.2) is 20.7 Å². The molecule has 2 heterocycles. The van der Waals surface area contributed by atoms with Crippen molar-refractivity contribution in [3.63, 3.8) is 0 Å². The van der Waals surface area contributed by atoms with E-state index in [1.54, 1.807) is 30.6 Å². The van der Waals surface area contributed by atoms with Crippen molar-refractivity contribution in [2.24, 2.45) is 0 Å². The molecule has 0 aliphatic rings. The van der Waals surface area contributed by atoms with Gasteiger partial charge in [0, 0.05) is 18.5 Å². The maximum atomic E-state index is 13.1. The Bertz CT molecular complexity index is 897. The highest BCUT2D eigenvalue weighted by Crippen LogP contribution is 2.17. The summed E-state index contributed by atoms with van der Waals surface area (Å²) in [6.45, 7) is 0. The van der Waals surface area contributed by atoms with E-state index in [-0.39, 0.29) is 6.42 Å². The summed E-state index contributed by atoms with van der Waals surface area (Å²) >= 11 is 6.03. The lowest BCUT2D eigenvalue weighted by Gasteiger charge is -2.04. The lowest BCUT2D eigenvalue weighted by Crippen LogP contribution is -2.15. The minimum atomic E-state index is -0.991. The van der Waals surface area contributed by atoms with E-state index >= 15 is 0 Å². The zero-order valence-electron chi connectivity index (χ0n) is 12.2. The Morgan fingerprint density at radius 2 is 2.04 bits per heavy atom. The topological polar surface area (TPSA) is 59.8 Å². The first kappa shape index (κ1) is 16.1. The van der Waals surface area contributed by atoms with E-state index in [2.05, 4.69) is 15.4 Å². The van der Waals surface area contributed by atoms with Gasteiger partial charge in [-0.25, -0.2) is 18.4 Å².